The Hall–Kier alpha value is -3.10. The third kappa shape index (κ3) is 4.72. The Morgan fingerprint density at radius 1 is 1.10 bits per heavy atom. The number of para-hydroxylation sites is 1. The summed E-state index contributed by atoms with van der Waals surface area (Å²) in [5, 5.41) is 14.0. The van der Waals surface area contributed by atoms with E-state index >= 15 is 0 Å². The van der Waals surface area contributed by atoms with Gasteiger partial charge in [0.15, 0.2) is 0 Å². The summed E-state index contributed by atoms with van der Waals surface area (Å²) in [5.41, 5.74) is 6.97. The highest BCUT2D eigenvalue weighted by Crippen LogP contribution is 2.27. The minimum absolute atomic E-state index is 0.148. The Morgan fingerprint density at radius 2 is 1.80 bits per heavy atom. The maximum atomic E-state index is 12.3. The van der Waals surface area contributed by atoms with Crippen molar-refractivity contribution < 1.29 is 9.84 Å². The van der Waals surface area contributed by atoms with E-state index in [4.69, 9.17) is 10.5 Å². The van der Waals surface area contributed by atoms with Crippen molar-refractivity contribution >= 4 is 28.1 Å². The number of hydrogen-bond acceptors (Lipinski definition) is 6. The van der Waals surface area contributed by atoms with Gasteiger partial charge < -0.3 is 20.9 Å². The fourth-order valence-corrected chi connectivity index (χ4v) is 4.24. The van der Waals surface area contributed by atoms with Gasteiger partial charge in [-0.25, -0.2) is 0 Å². The number of aromatic nitrogens is 1. The second kappa shape index (κ2) is 9.15. The van der Waals surface area contributed by atoms with Gasteiger partial charge in [0.05, 0.1) is 12.1 Å². The largest absolute Gasteiger partial charge is 0.457 e. The zero-order valence-corrected chi connectivity index (χ0v) is 17.2. The number of aliphatic imine (C=N–C) groups is 1. The van der Waals surface area contributed by atoms with Crippen molar-refractivity contribution in [2.75, 3.05) is 5.32 Å². The maximum absolute atomic E-state index is 12.3. The molecule has 156 valence electrons. The van der Waals surface area contributed by atoms with Crippen LogP contribution >= 0.6 is 11.5 Å². The molecule has 1 aliphatic carbocycles. The maximum Gasteiger partial charge on any atom is 0.271 e. The minimum atomic E-state index is -0.511. The van der Waals surface area contributed by atoms with Gasteiger partial charge in [-0.2, -0.15) is 0 Å². The highest BCUT2D eigenvalue weighted by atomic mass is 32.1. The second-order valence-electron chi connectivity index (χ2n) is 7.24. The zero-order valence-electron chi connectivity index (χ0n) is 16.4. The van der Waals surface area contributed by atoms with Crippen LogP contribution < -0.4 is 21.3 Å². The quantitative estimate of drug-likeness (QED) is 0.353. The molecule has 1 heterocycles. The van der Waals surface area contributed by atoms with Crippen LogP contribution in [0.15, 0.2) is 64.4 Å². The van der Waals surface area contributed by atoms with E-state index in [0.29, 0.717) is 22.7 Å². The number of H-pyrrole nitrogens is 1. The molecule has 1 aliphatic rings. The van der Waals surface area contributed by atoms with E-state index in [1.807, 2.05) is 54.6 Å². The molecular weight excluding hydrogens is 400 g/mol. The summed E-state index contributed by atoms with van der Waals surface area (Å²) in [6.45, 7) is 0. The van der Waals surface area contributed by atoms with E-state index in [1.165, 1.54) is 11.5 Å². The van der Waals surface area contributed by atoms with Gasteiger partial charge in [-0.3, -0.25) is 14.2 Å². The lowest BCUT2D eigenvalue weighted by atomic mass is 9.93. The SMILES string of the molecule is NC(=N[C@H]1CCCC[C@@H]1O)c1c(Nc2ccc(Oc3ccccc3)cc2)s[nH]c1=O. The Kier molecular flexibility index (Phi) is 6.15. The minimum Gasteiger partial charge on any atom is -0.457 e. The number of rotatable bonds is 6. The fourth-order valence-electron chi connectivity index (χ4n) is 3.47. The van der Waals surface area contributed by atoms with Crippen LogP contribution in [0.2, 0.25) is 0 Å². The predicted octanol–water partition coefficient (Wildman–Crippen LogP) is 3.98. The highest BCUT2D eigenvalue weighted by molar-refractivity contribution is 7.10. The van der Waals surface area contributed by atoms with E-state index in [9.17, 15) is 9.90 Å². The third-order valence-corrected chi connectivity index (χ3v) is 5.84. The van der Waals surface area contributed by atoms with Crippen LogP contribution in [0.5, 0.6) is 11.5 Å². The van der Waals surface area contributed by atoms with Gasteiger partial charge >= 0.3 is 0 Å². The zero-order chi connectivity index (χ0) is 20.9. The van der Waals surface area contributed by atoms with Crippen LogP contribution in [0.1, 0.15) is 31.2 Å². The molecule has 8 heteroatoms. The van der Waals surface area contributed by atoms with Gasteiger partial charge in [0.1, 0.15) is 27.9 Å². The number of nitrogens with one attached hydrogen (secondary N) is 2. The summed E-state index contributed by atoms with van der Waals surface area (Å²) in [4.78, 5) is 16.8. The smallest absolute Gasteiger partial charge is 0.271 e. The first kappa shape index (κ1) is 20.2. The van der Waals surface area contributed by atoms with Crippen LogP contribution in [0, 0.1) is 0 Å². The van der Waals surface area contributed by atoms with Crippen LogP contribution in [0.4, 0.5) is 10.7 Å². The summed E-state index contributed by atoms with van der Waals surface area (Å²) in [6, 6.07) is 16.7. The average Bonchev–Trinajstić information content (AvgIpc) is 3.12. The van der Waals surface area contributed by atoms with Crippen LogP contribution in [0.3, 0.4) is 0 Å². The van der Waals surface area contributed by atoms with E-state index in [0.717, 1.165) is 30.7 Å². The Balaban J connectivity index is 1.50. The summed E-state index contributed by atoms with van der Waals surface area (Å²) in [7, 11) is 0. The molecule has 0 radical (unpaired) electrons. The van der Waals surface area contributed by atoms with Crippen molar-refractivity contribution in [2.24, 2.45) is 10.7 Å². The first-order chi connectivity index (χ1) is 14.6. The Bertz CT molecular complexity index is 1060. The van der Waals surface area contributed by atoms with Crippen molar-refractivity contribution in [3.8, 4) is 11.5 Å². The van der Waals surface area contributed by atoms with E-state index in [1.54, 1.807) is 0 Å². The molecule has 2 aromatic carbocycles. The molecule has 0 spiro atoms. The van der Waals surface area contributed by atoms with Crippen LogP contribution in [-0.4, -0.2) is 27.5 Å². The molecule has 0 amide bonds. The van der Waals surface area contributed by atoms with Crippen LogP contribution in [0.25, 0.3) is 0 Å². The standard InChI is InChI=1S/C22H24N4O3S/c23-20(25-17-8-4-5-9-18(17)27)19-21(28)26-30-22(19)24-14-10-12-16(13-11-14)29-15-6-2-1-3-7-15/h1-3,6-7,10-13,17-18,24,27H,4-5,8-9H2,(H2,23,25)(H,26,28)/t17-,18-/m0/s1. The normalized spacial score (nSPS) is 19.4. The van der Waals surface area contributed by atoms with Crippen molar-refractivity contribution in [2.45, 2.75) is 37.8 Å². The second-order valence-corrected chi connectivity index (χ2v) is 8.05. The molecule has 0 saturated heterocycles. The van der Waals surface area contributed by atoms with Gasteiger partial charge in [-0.1, -0.05) is 31.0 Å². The number of aliphatic hydroxyl groups is 1. The van der Waals surface area contributed by atoms with E-state index in [-0.39, 0.29) is 17.4 Å². The molecule has 0 unspecified atom stereocenters. The molecule has 4 rings (SSSR count). The Morgan fingerprint density at radius 3 is 2.53 bits per heavy atom. The van der Waals surface area contributed by atoms with Crippen molar-refractivity contribution in [3.05, 3.63) is 70.5 Å². The molecule has 7 nitrogen and oxygen atoms in total. The Labute approximate surface area is 178 Å². The van der Waals surface area contributed by atoms with Gasteiger partial charge in [0.25, 0.3) is 5.56 Å². The topological polar surface area (TPSA) is 113 Å². The lowest BCUT2D eigenvalue weighted by molar-refractivity contribution is 0.109. The summed E-state index contributed by atoms with van der Waals surface area (Å²) >= 11 is 1.17. The van der Waals surface area contributed by atoms with Gasteiger partial charge in [-0.15, -0.1) is 0 Å². The molecular formula is C22H24N4O3S. The molecule has 1 aromatic heterocycles. The van der Waals surface area contributed by atoms with Crippen molar-refractivity contribution in [1.29, 1.82) is 0 Å². The van der Waals surface area contributed by atoms with Gasteiger partial charge in [0, 0.05) is 5.69 Å². The number of nitrogens with zero attached hydrogens (tertiary/aromatic N) is 1. The summed E-state index contributed by atoms with van der Waals surface area (Å²) in [5.74, 6) is 1.62. The van der Waals surface area contributed by atoms with Crippen molar-refractivity contribution in [3.63, 3.8) is 0 Å². The first-order valence-corrected chi connectivity index (χ1v) is 10.7. The molecule has 0 aliphatic heterocycles. The summed E-state index contributed by atoms with van der Waals surface area (Å²) < 4.78 is 8.51. The van der Waals surface area contributed by atoms with Gasteiger partial charge in [0.2, 0.25) is 0 Å². The number of benzene rings is 2. The van der Waals surface area contributed by atoms with Crippen LogP contribution in [-0.2, 0) is 0 Å². The van der Waals surface area contributed by atoms with Gasteiger partial charge in [-0.05, 0) is 60.8 Å². The van der Waals surface area contributed by atoms with E-state index in [2.05, 4.69) is 14.7 Å². The van der Waals surface area contributed by atoms with Crippen molar-refractivity contribution in [1.82, 2.24) is 4.37 Å². The lowest BCUT2D eigenvalue weighted by Crippen LogP contribution is -2.32. The van der Waals surface area contributed by atoms with E-state index < -0.39 is 6.10 Å². The average molecular weight is 425 g/mol. The first-order valence-electron chi connectivity index (χ1n) is 9.93. The number of anilines is 2. The number of aromatic amines is 1. The third-order valence-electron chi connectivity index (χ3n) is 5.05. The highest BCUT2D eigenvalue weighted by Gasteiger charge is 2.24. The fraction of sp³-hybridized carbons (Fsp3) is 0.273. The predicted molar refractivity (Wildman–Crippen MR) is 120 cm³/mol. The number of amidine groups is 1. The molecule has 3 aromatic rings. The molecule has 30 heavy (non-hydrogen) atoms. The number of nitrogens with two attached hydrogens (primary N) is 1. The molecule has 1 fully saturated rings. The monoisotopic (exact) mass is 424 g/mol. The number of hydrogen-bond donors (Lipinski definition) is 4. The lowest BCUT2D eigenvalue weighted by Gasteiger charge is -2.24. The molecule has 0 bridgehead atoms. The summed E-state index contributed by atoms with van der Waals surface area (Å²) in [6.07, 6.45) is 2.97. The molecule has 2 atom stereocenters. The molecule has 5 N–H and O–H groups in total. The number of ether oxygens (including phenoxy) is 1. The molecule has 1 saturated carbocycles. The number of aliphatic hydroxyl groups excluding tert-OH is 1.